The SMILES string of the molecule is CCOc1cc(CNC(=O)c2ccc(NC(=O)NC3CC3)cc2)ccn1. The van der Waals surface area contributed by atoms with Gasteiger partial charge in [0.1, 0.15) is 0 Å². The number of pyridine rings is 1. The fourth-order valence-corrected chi connectivity index (χ4v) is 2.36. The summed E-state index contributed by atoms with van der Waals surface area (Å²) in [4.78, 5) is 28.1. The maximum Gasteiger partial charge on any atom is 0.319 e. The molecule has 3 N–H and O–H groups in total. The Bertz CT molecular complexity index is 773. The van der Waals surface area contributed by atoms with E-state index in [2.05, 4.69) is 20.9 Å². The minimum Gasteiger partial charge on any atom is -0.478 e. The second kappa shape index (κ2) is 8.33. The van der Waals surface area contributed by atoms with E-state index in [-0.39, 0.29) is 11.9 Å². The number of hydrogen-bond acceptors (Lipinski definition) is 4. The molecule has 0 atom stereocenters. The molecule has 1 heterocycles. The molecule has 2 aromatic rings. The van der Waals surface area contributed by atoms with Crippen molar-refractivity contribution in [2.75, 3.05) is 11.9 Å². The third kappa shape index (κ3) is 5.20. The fraction of sp³-hybridized carbons (Fsp3) is 0.316. The van der Waals surface area contributed by atoms with Gasteiger partial charge in [0.25, 0.3) is 5.91 Å². The van der Waals surface area contributed by atoms with Gasteiger partial charge in [-0.15, -0.1) is 0 Å². The molecule has 0 saturated heterocycles. The number of urea groups is 1. The van der Waals surface area contributed by atoms with Crippen LogP contribution in [0.5, 0.6) is 5.88 Å². The fourth-order valence-electron chi connectivity index (χ4n) is 2.36. The van der Waals surface area contributed by atoms with Crippen molar-refractivity contribution in [1.82, 2.24) is 15.6 Å². The number of carbonyl (C=O) groups excluding carboxylic acids is 2. The van der Waals surface area contributed by atoms with Gasteiger partial charge in [0.2, 0.25) is 5.88 Å². The van der Waals surface area contributed by atoms with Gasteiger partial charge in [0.15, 0.2) is 0 Å². The topological polar surface area (TPSA) is 92.4 Å². The van der Waals surface area contributed by atoms with Gasteiger partial charge in [-0.05, 0) is 55.7 Å². The number of aromatic nitrogens is 1. The zero-order valence-electron chi connectivity index (χ0n) is 14.6. The Balaban J connectivity index is 1.51. The average molecular weight is 354 g/mol. The van der Waals surface area contributed by atoms with Gasteiger partial charge in [0.05, 0.1) is 6.61 Å². The van der Waals surface area contributed by atoms with Crippen LogP contribution in [0, 0.1) is 0 Å². The van der Waals surface area contributed by atoms with Crippen LogP contribution in [0.1, 0.15) is 35.7 Å². The number of rotatable bonds is 7. The van der Waals surface area contributed by atoms with E-state index in [1.54, 1.807) is 36.5 Å². The Morgan fingerprint density at radius 2 is 1.96 bits per heavy atom. The highest BCUT2D eigenvalue weighted by molar-refractivity contribution is 5.95. The molecule has 0 spiro atoms. The van der Waals surface area contributed by atoms with E-state index in [4.69, 9.17) is 4.74 Å². The van der Waals surface area contributed by atoms with E-state index in [9.17, 15) is 9.59 Å². The lowest BCUT2D eigenvalue weighted by Gasteiger charge is -2.09. The van der Waals surface area contributed by atoms with Crippen LogP contribution in [0.25, 0.3) is 0 Å². The monoisotopic (exact) mass is 354 g/mol. The van der Waals surface area contributed by atoms with E-state index in [1.807, 2.05) is 13.0 Å². The first-order chi connectivity index (χ1) is 12.6. The number of carbonyl (C=O) groups is 2. The predicted molar refractivity (Wildman–Crippen MR) is 98.2 cm³/mol. The quantitative estimate of drug-likeness (QED) is 0.713. The molecule has 136 valence electrons. The minimum absolute atomic E-state index is 0.186. The summed E-state index contributed by atoms with van der Waals surface area (Å²) in [7, 11) is 0. The van der Waals surface area contributed by atoms with Crippen LogP contribution in [0.4, 0.5) is 10.5 Å². The normalized spacial score (nSPS) is 13.0. The molecule has 7 nitrogen and oxygen atoms in total. The molecule has 26 heavy (non-hydrogen) atoms. The lowest BCUT2D eigenvalue weighted by molar-refractivity contribution is 0.0951. The van der Waals surface area contributed by atoms with Crippen LogP contribution in [-0.4, -0.2) is 29.6 Å². The summed E-state index contributed by atoms with van der Waals surface area (Å²) < 4.78 is 5.35. The van der Waals surface area contributed by atoms with Crippen molar-refractivity contribution < 1.29 is 14.3 Å². The van der Waals surface area contributed by atoms with Gasteiger partial charge in [-0.1, -0.05) is 0 Å². The molecule has 1 aliphatic carbocycles. The van der Waals surface area contributed by atoms with E-state index in [0.717, 1.165) is 18.4 Å². The second-order valence-corrected chi connectivity index (χ2v) is 6.07. The largest absolute Gasteiger partial charge is 0.478 e. The third-order valence-electron chi connectivity index (χ3n) is 3.86. The Kier molecular flexibility index (Phi) is 5.68. The zero-order valence-corrected chi connectivity index (χ0v) is 14.6. The van der Waals surface area contributed by atoms with Crippen LogP contribution >= 0.6 is 0 Å². The highest BCUT2D eigenvalue weighted by Gasteiger charge is 2.23. The lowest BCUT2D eigenvalue weighted by Crippen LogP contribution is -2.30. The molecule has 1 aromatic heterocycles. The first kappa shape index (κ1) is 17.7. The Morgan fingerprint density at radius 3 is 2.65 bits per heavy atom. The van der Waals surface area contributed by atoms with E-state index in [1.165, 1.54) is 0 Å². The predicted octanol–water partition coefficient (Wildman–Crippen LogP) is 2.69. The van der Waals surface area contributed by atoms with E-state index in [0.29, 0.717) is 36.3 Å². The summed E-state index contributed by atoms with van der Waals surface area (Å²) in [5.74, 6) is 0.355. The zero-order chi connectivity index (χ0) is 18.4. The molecule has 0 radical (unpaired) electrons. The average Bonchev–Trinajstić information content (AvgIpc) is 3.45. The second-order valence-electron chi connectivity index (χ2n) is 6.07. The molecule has 0 aliphatic heterocycles. The van der Waals surface area contributed by atoms with E-state index >= 15 is 0 Å². The van der Waals surface area contributed by atoms with Gasteiger partial charge < -0.3 is 20.7 Å². The maximum atomic E-state index is 12.3. The standard InChI is InChI=1S/C19H22N4O3/c1-2-26-17-11-13(9-10-20-17)12-21-18(24)14-3-5-15(6-4-14)22-19(25)23-16-7-8-16/h3-6,9-11,16H,2,7-8,12H2,1H3,(H,21,24)(H2,22,23,25). The summed E-state index contributed by atoms with van der Waals surface area (Å²) >= 11 is 0. The number of hydrogen-bond donors (Lipinski definition) is 3. The highest BCUT2D eigenvalue weighted by Crippen LogP contribution is 2.19. The van der Waals surface area contributed by atoms with Crippen molar-refractivity contribution >= 4 is 17.6 Å². The van der Waals surface area contributed by atoms with Crippen molar-refractivity contribution in [1.29, 1.82) is 0 Å². The molecule has 3 rings (SSSR count). The Hall–Kier alpha value is -3.09. The number of amides is 3. The first-order valence-electron chi connectivity index (χ1n) is 8.67. The summed E-state index contributed by atoms with van der Waals surface area (Å²) in [6.07, 6.45) is 3.73. The summed E-state index contributed by atoms with van der Waals surface area (Å²) in [6.45, 7) is 2.82. The molecule has 0 bridgehead atoms. The first-order valence-corrected chi connectivity index (χ1v) is 8.67. The number of benzene rings is 1. The third-order valence-corrected chi connectivity index (χ3v) is 3.86. The molecular formula is C19H22N4O3. The highest BCUT2D eigenvalue weighted by atomic mass is 16.5. The van der Waals surface area contributed by atoms with Gasteiger partial charge >= 0.3 is 6.03 Å². The summed E-state index contributed by atoms with van der Waals surface area (Å²) in [5.41, 5.74) is 2.08. The molecule has 1 aromatic carbocycles. The molecule has 1 fully saturated rings. The Labute approximate surface area is 152 Å². The van der Waals surface area contributed by atoms with Gasteiger partial charge in [-0.2, -0.15) is 0 Å². The summed E-state index contributed by atoms with van der Waals surface area (Å²) in [6, 6.07) is 10.5. The van der Waals surface area contributed by atoms with Crippen molar-refractivity contribution in [3.8, 4) is 5.88 Å². The number of anilines is 1. The van der Waals surface area contributed by atoms with E-state index < -0.39 is 0 Å². The molecule has 0 unspecified atom stereocenters. The van der Waals surface area contributed by atoms with Crippen LogP contribution < -0.4 is 20.7 Å². The van der Waals surface area contributed by atoms with Crippen LogP contribution in [0.2, 0.25) is 0 Å². The van der Waals surface area contributed by atoms with Crippen molar-refractivity contribution in [3.63, 3.8) is 0 Å². The van der Waals surface area contributed by atoms with Gasteiger partial charge in [0, 0.05) is 36.1 Å². The van der Waals surface area contributed by atoms with Gasteiger partial charge in [-0.3, -0.25) is 4.79 Å². The molecular weight excluding hydrogens is 332 g/mol. The molecule has 1 aliphatic rings. The van der Waals surface area contributed by atoms with Gasteiger partial charge in [-0.25, -0.2) is 9.78 Å². The van der Waals surface area contributed by atoms with Crippen molar-refractivity contribution in [2.45, 2.75) is 32.4 Å². The van der Waals surface area contributed by atoms with Crippen LogP contribution in [0.3, 0.4) is 0 Å². The molecule has 7 heteroatoms. The minimum atomic E-state index is -0.215. The number of nitrogens with one attached hydrogen (secondary N) is 3. The lowest BCUT2D eigenvalue weighted by atomic mass is 10.2. The van der Waals surface area contributed by atoms with Crippen molar-refractivity contribution in [3.05, 3.63) is 53.7 Å². The number of ether oxygens (including phenoxy) is 1. The maximum absolute atomic E-state index is 12.3. The smallest absolute Gasteiger partial charge is 0.319 e. The molecule has 3 amide bonds. The summed E-state index contributed by atoms with van der Waals surface area (Å²) in [5, 5.41) is 8.46. The molecule has 1 saturated carbocycles. The van der Waals surface area contributed by atoms with Crippen LogP contribution in [-0.2, 0) is 6.54 Å². The number of nitrogens with zero attached hydrogens (tertiary/aromatic N) is 1. The van der Waals surface area contributed by atoms with Crippen molar-refractivity contribution in [2.24, 2.45) is 0 Å². The van der Waals surface area contributed by atoms with Crippen LogP contribution in [0.15, 0.2) is 42.6 Å². The Morgan fingerprint density at radius 1 is 1.19 bits per heavy atom.